The summed E-state index contributed by atoms with van der Waals surface area (Å²) in [5.41, 5.74) is 1.32. The van der Waals surface area contributed by atoms with Gasteiger partial charge in [-0.2, -0.15) is 4.31 Å². The van der Waals surface area contributed by atoms with Crippen LogP contribution in [0.2, 0.25) is 0 Å². The van der Waals surface area contributed by atoms with Gasteiger partial charge in [0.25, 0.3) is 5.91 Å². The molecule has 0 bridgehead atoms. The Kier molecular flexibility index (Phi) is 16.4. The lowest BCUT2D eigenvalue weighted by atomic mass is 9.90. The zero-order valence-electron chi connectivity index (χ0n) is 27.0. The third-order valence-electron chi connectivity index (χ3n) is 8.11. The van der Waals surface area contributed by atoms with Crippen LogP contribution in [0.1, 0.15) is 86.0 Å². The SMILES string of the molecule is O=CCCCCCCCCC(=O)NCCNCCOc1ccc(C2CCN(S(=O)(=O)c3ccc(C(=O)NCC(=O)O)cc3)CC2)cc1. The summed E-state index contributed by atoms with van der Waals surface area (Å²) in [7, 11) is -3.72. The van der Waals surface area contributed by atoms with E-state index in [1.54, 1.807) is 0 Å². The second-order valence-corrected chi connectivity index (χ2v) is 13.6. The number of nitrogens with zero attached hydrogens (tertiary/aromatic N) is 1. The minimum atomic E-state index is -3.72. The average molecular weight is 673 g/mol. The van der Waals surface area contributed by atoms with Crippen molar-refractivity contribution >= 4 is 34.1 Å². The van der Waals surface area contributed by atoms with Crippen LogP contribution in [0.25, 0.3) is 0 Å². The molecule has 1 fully saturated rings. The van der Waals surface area contributed by atoms with Crippen molar-refractivity contribution in [2.75, 3.05) is 45.9 Å². The van der Waals surface area contributed by atoms with Crippen LogP contribution in [0.3, 0.4) is 0 Å². The summed E-state index contributed by atoms with van der Waals surface area (Å²) in [4.78, 5) is 45.0. The first-order chi connectivity index (χ1) is 22.7. The van der Waals surface area contributed by atoms with E-state index in [0.29, 0.717) is 65.0 Å². The summed E-state index contributed by atoms with van der Waals surface area (Å²) in [5, 5.41) is 17.2. The van der Waals surface area contributed by atoms with Gasteiger partial charge in [-0.25, -0.2) is 8.42 Å². The van der Waals surface area contributed by atoms with Gasteiger partial charge < -0.3 is 30.6 Å². The number of aldehydes is 1. The molecule has 12 nitrogen and oxygen atoms in total. The van der Waals surface area contributed by atoms with Crippen LogP contribution in [0.4, 0.5) is 0 Å². The van der Waals surface area contributed by atoms with E-state index in [4.69, 9.17) is 9.84 Å². The summed E-state index contributed by atoms with van der Waals surface area (Å²) in [6, 6.07) is 13.4. The Balaban J connectivity index is 1.28. The van der Waals surface area contributed by atoms with Crippen LogP contribution in [-0.4, -0.2) is 87.8 Å². The largest absolute Gasteiger partial charge is 0.492 e. The molecule has 1 heterocycles. The fraction of sp³-hybridized carbons (Fsp3) is 0.529. The molecule has 2 aromatic carbocycles. The predicted octanol–water partition coefficient (Wildman–Crippen LogP) is 3.47. The highest BCUT2D eigenvalue weighted by Crippen LogP contribution is 2.31. The lowest BCUT2D eigenvalue weighted by Gasteiger charge is -2.31. The van der Waals surface area contributed by atoms with E-state index in [1.807, 2.05) is 24.3 Å². The maximum Gasteiger partial charge on any atom is 0.322 e. The molecule has 0 spiro atoms. The molecule has 13 heteroatoms. The number of carbonyl (C=O) groups excluding carboxylic acids is 3. The van der Waals surface area contributed by atoms with Gasteiger partial charge in [-0.3, -0.25) is 14.4 Å². The number of amides is 2. The van der Waals surface area contributed by atoms with Crippen LogP contribution in [0.5, 0.6) is 5.75 Å². The van der Waals surface area contributed by atoms with Crippen molar-refractivity contribution in [1.29, 1.82) is 0 Å². The number of benzene rings is 2. The Labute approximate surface area is 277 Å². The number of hydrogen-bond acceptors (Lipinski definition) is 8. The van der Waals surface area contributed by atoms with Gasteiger partial charge in [0.05, 0.1) is 4.90 Å². The molecule has 0 unspecified atom stereocenters. The maximum atomic E-state index is 13.2. The van der Waals surface area contributed by atoms with Crippen molar-refractivity contribution in [2.45, 2.75) is 75.0 Å². The van der Waals surface area contributed by atoms with Crippen LogP contribution in [0.15, 0.2) is 53.4 Å². The molecule has 0 radical (unpaired) electrons. The number of aliphatic carboxylic acids is 1. The number of hydrogen-bond donors (Lipinski definition) is 4. The molecule has 1 aliphatic rings. The van der Waals surface area contributed by atoms with Gasteiger partial charge in [0.2, 0.25) is 15.9 Å². The molecule has 0 aromatic heterocycles. The first kappa shape index (κ1) is 37.6. The number of sulfonamides is 1. The molecule has 0 saturated carbocycles. The van der Waals surface area contributed by atoms with Crippen molar-refractivity contribution in [1.82, 2.24) is 20.3 Å². The Hall–Kier alpha value is -3.81. The van der Waals surface area contributed by atoms with Crippen LogP contribution in [0, 0.1) is 0 Å². The normalized spacial score (nSPS) is 14.0. The monoisotopic (exact) mass is 672 g/mol. The molecule has 2 amide bonds. The van der Waals surface area contributed by atoms with Gasteiger partial charge in [0.1, 0.15) is 25.2 Å². The highest BCUT2D eigenvalue weighted by atomic mass is 32.2. The minimum absolute atomic E-state index is 0.0747. The quantitative estimate of drug-likeness (QED) is 0.108. The molecule has 2 aromatic rings. The zero-order valence-corrected chi connectivity index (χ0v) is 27.8. The summed E-state index contributed by atoms with van der Waals surface area (Å²) in [6.07, 6.45) is 9.69. The molecule has 1 saturated heterocycles. The van der Waals surface area contributed by atoms with Gasteiger partial charge in [-0.1, -0.05) is 37.8 Å². The third-order valence-corrected chi connectivity index (χ3v) is 10.0. The van der Waals surface area contributed by atoms with Crippen LogP contribution in [-0.2, 0) is 24.4 Å². The topological polar surface area (TPSA) is 171 Å². The van der Waals surface area contributed by atoms with Crippen LogP contribution < -0.4 is 20.7 Å². The van der Waals surface area contributed by atoms with E-state index in [-0.39, 0.29) is 22.3 Å². The maximum absolute atomic E-state index is 13.2. The lowest BCUT2D eigenvalue weighted by molar-refractivity contribution is -0.135. The number of unbranched alkanes of at least 4 members (excludes halogenated alkanes) is 6. The smallest absolute Gasteiger partial charge is 0.322 e. The van der Waals surface area contributed by atoms with E-state index in [9.17, 15) is 27.6 Å². The van der Waals surface area contributed by atoms with Crippen molar-refractivity contribution in [3.05, 3.63) is 59.7 Å². The molecule has 3 rings (SSSR count). The number of piperidine rings is 1. The number of rotatable bonds is 22. The standard InChI is InChI=1S/C34H48N4O8S/c39-24-7-5-3-1-2-4-6-8-32(40)36-20-19-35-21-25-46-30-13-9-27(10-14-30)28-17-22-38(23-18-28)47(44,45)31-15-11-29(12-16-31)34(43)37-26-33(41)42/h9-16,24,28,35H,1-8,17-23,25-26H2,(H,36,40)(H,37,43)(H,41,42). The van der Waals surface area contributed by atoms with E-state index in [2.05, 4.69) is 16.0 Å². The number of carboxylic acids is 1. The molecule has 0 aliphatic carbocycles. The Morgan fingerprint density at radius 3 is 2.17 bits per heavy atom. The van der Waals surface area contributed by atoms with Crippen molar-refractivity contribution in [3.63, 3.8) is 0 Å². The molecule has 1 aliphatic heterocycles. The molecular weight excluding hydrogens is 624 g/mol. The van der Waals surface area contributed by atoms with E-state index in [0.717, 1.165) is 56.1 Å². The van der Waals surface area contributed by atoms with Gasteiger partial charge in [-0.05, 0) is 73.6 Å². The molecule has 47 heavy (non-hydrogen) atoms. The fourth-order valence-corrected chi connectivity index (χ4v) is 6.89. The van der Waals surface area contributed by atoms with Gasteiger partial charge >= 0.3 is 5.97 Å². The average Bonchev–Trinajstić information content (AvgIpc) is 3.08. The molecule has 258 valence electrons. The number of nitrogens with one attached hydrogen (secondary N) is 3. The highest BCUT2D eigenvalue weighted by molar-refractivity contribution is 7.89. The second-order valence-electron chi connectivity index (χ2n) is 11.6. The van der Waals surface area contributed by atoms with Gasteiger partial charge in [0.15, 0.2) is 0 Å². The zero-order chi connectivity index (χ0) is 33.9. The molecule has 4 N–H and O–H groups in total. The van der Waals surface area contributed by atoms with Crippen molar-refractivity contribution in [2.24, 2.45) is 0 Å². The van der Waals surface area contributed by atoms with Crippen molar-refractivity contribution in [3.8, 4) is 5.75 Å². The van der Waals surface area contributed by atoms with E-state index < -0.39 is 28.4 Å². The molecular formula is C34H48N4O8S. The summed E-state index contributed by atoms with van der Waals surface area (Å²) >= 11 is 0. The van der Waals surface area contributed by atoms with E-state index >= 15 is 0 Å². The summed E-state index contributed by atoms with van der Waals surface area (Å²) in [6.45, 7) is 2.61. The Morgan fingerprint density at radius 2 is 1.51 bits per heavy atom. The third kappa shape index (κ3) is 13.4. The number of carboxylic acid groups (broad SMARTS) is 1. The lowest BCUT2D eigenvalue weighted by Crippen LogP contribution is -2.37. The fourth-order valence-electron chi connectivity index (χ4n) is 5.42. The summed E-state index contributed by atoms with van der Waals surface area (Å²) < 4.78 is 33.6. The predicted molar refractivity (Wildman–Crippen MR) is 178 cm³/mol. The second kappa shape index (κ2) is 20.4. The first-order valence-electron chi connectivity index (χ1n) is 16.4. The Morgan fingerprint density at radius 1 is 0.851 bits per heavy atom. The first-order valence-corrected chi connectivity index (χ1v) is 17.9. The van der Waals surface area contributed by atoms with Gasteiger partial charge in [0, 0.05) is 51.1 Å². The van der Waals surface area contributed by atoms with Crippen molar-refractivity contribution < 1.29 is 37.4 Å². The molecule has 0 atom stereocenters. The number of ether oxygens (including phenoxy) is 1. The van der Waals surface area contributed by atoms with E-state index in [1.165, 1.54) is 28.6 Å². The van der Waals surface area contributed by atoms with Gasteiger partial charge in [-0.15, -0.1) is 0 Å². The number of carbonyl (C=O) groups is 4. The highest BCUT2D eigenvalue weighted by Gasteiger charge is 2.30. The summed E-state index contributed by atoms with van der Waals surface area (Å²) in [5.74, 6) is -0.686. The Bertz CT molecular complexity index is 1380. The van der Waals surface area contributed by atoms with Crippen LogP contribution >= 0.6 is 0 Å². The minimum Gasteiger partial charge on any atom is -0.492 e.